The number of hydrogen-bond donors (Lipinski definition) is 2. The van der Waals surface area contributed by atoms with E-state index in [1.54, 1.807) is 0 Å². The van der Waals surface area contributed by atoms with Gasteiger partial charge in [0, 0.05) is 57.3 Å². The Morgan fingerprint density at radius 1 is 1.08 bits per heavy atom. The van der Waals surface area contributed by atoms with Gasteiger partial charge in [0.25, 0.3) is 5.91 Å². The lowest BCUT2D eigenvalue weighted by Gasteiger charge is -2.45. The van der Waals surface area contributed by atoms with Crippen molar-refractivity contribution in [2.24, 2.45) is 11.8 Å². The average Bonchev–Trinajstić information content (AvgIpc) is 3.73. The highest BCUT2D eigenvalue weighted by Crippen LogP contribution is 2.33. The lowest BCUT2D eigenvalue weighted by molar-refractivity contribution is -0.144. The summed E-state index contributed by atoms with van der Waals surface area (Å²) in [6, 6.07) is 2.60. The molecule has 3 aliphatic heterocycles. The van der Waals surface area contributed by atoms with Crippen molar-refractivity contribution in [1.29, 1.82) is 0 Å². The number of amides is 2. The third-order valence-corrected chi connectivity index (χ3v) is 11.4. The molecule has 0 radical (unpaired) electrons. The maximum absolute atomic E-state index is 15.5. The normalized spacial score (nSPS) is 26.1. The highest BCUT2D eigenvalue weighted by molar-refractivity contribution is 6.34. The van der Waals surface area contributed by atoms with E-state index in [9.17, 15) is 19.5 Å². The first-order chi connectivity index (χ1) is 24.2. The fraction of sp³-hybridized carbons (Fsp3) is 0.595. The number of likely N-dealkylation sites (tertiary alicyclic amines) is 2. The molecule has 0 unspecified atom stereocenters. The van der Waals surface area contributed by atoms with Crippen LogP contribution in [0.15, 0.2) is 28.9 Å². The number of carboxylic acids is 1. The van der Waals surface area contributed by atoms with Crippen LogP contribution in [0.1, 0.15) is 65.8 Å². The summed E-state index contributed by atoms with van der Waals surface area (Å²) in [7, 11) is 0. The largest absolute Gasteiger partial charge is 0.481 e. The molecular formula is C37H46ClFN4O7. The Kier molecular flexibility index (Phi) is 10.9. The minimum Gasteiger partial charge on any atom is -0.481 e. The Labute approximate surface area is 296 Å². The number of aliphatic carboxylic acids is 1. The van der Waals surface area contributed by atoms with Crippen molar-refractivity contribution < 1.29 is 37.8 Å². The molecule has 2 aromatic rings. The lowest BCUT2D eigenvalue weighted by atomic mass is 9.87. The molecule has 2 N–H and O–H groups in total. The second-order valence-electron chi connectivity index (χ2n) is 14.4. The van der Waals surface area contributed by atoms with E-state index in [4.69, 9.17) is 25.5 Å². The molecule has 5 aliphatic rings. The topological polar surface area (TPSA) is 125 Å². The summed E-state index contributed by atoms with van der Waals surface area (Å²) in [4.78, 5) is 45.1. The van der Waals surface area contributed by atoms with E-state index in [2.05, 4.69) is 15.1 Å². The van der Waals surface area contributed by atoms with E-state index < -0.39 is 17.7 Å². The molecule has 7 rings (SSSR count). The fourth-order valence-corrected chi connectivity index (χ4v) is 8.40. The third-order valence-electron chi connectivity index (χ3n) is 11.1. The van der Waals surface area contributed by atoms with Crippen molar-refractivity contribution in [2.45, 2.75) is 69.6 Å². The van der Waals surface area contributed by atoms with Crippen molar-refractivity contribution in [2.75, 3.05) is 64.4 Å². The zero-order valence-electron chi connectivity index (χ0n) is 28.3. The first-order valence-electron chi connectivity index (χ1n) is 18.0. The SMILES string of the molecule is O=C(Nc1cc(F)c(CC(=O)N2C[C@@H](N3CC(CN4CCOCC4)C3)C[C@H]2COC2CCC(C(=O)O)CC2)cc1Cl)c1coc2c1C=CCC2. The Morgan fingerprint density at radius 2 is 1.86 bits per heavy atom. The predicted molar refractivity (Wildman–Crippen MR) is 185 cm³/mol. The van der Waals surface area contributed by atoms with Gasteiger partial charge in [0.15, 0.2) is 0 Å². The molecule has 2 amide bonds. The van der Waals surface area contributed by atoms with Gasteiger partial charge in [-0.25, -0.2) is 4.39 Å². The highest BCUT2D eigenvalue weighted by atomic mass is 35.5. The summed E-state index contributed by atoms with van der Waals surface area (Å²) in [6.45, 7) is 7.40. The van der Waals surface area contributed by atoms with Crippen LogP contribution in [0.3, 0.4) is 0 Å². The van der Waals surface area contributed by atoms with Gasteiger partial charge in [-0.3, -0.25) is 24.2 Å². The Bertz CT molecular complexity index is 1600. The average molecular weight is 713 g/mol. The number of ether oxygens (including phenoxy) is 2. The third kappa shape index (κ3) is 7.94. The van der Waals surface area contributed by atoms with Crippen LogP contribution in [0.4, 0.5) is 10.1 Å². The zero-order chi connectivity index (χ0) is 34.8. The minimum atomic E-state index is -0.753. The highest BCUT2D eigenvalue weighted by Gasteiger charge is 2.43. The number of nitrogens with one attached hydrogen (secondary N) is 1. The van der Waals surface area contributed by atoms with Crippen molar-refractivity contribution in [3.05, 3.63) is 57.8 Å². The molecular weight excluding hydrogens is 667 g/mol. The second kappa shape index (κ2) is 15.5. The molecule has 13 heteroatoms. The number of carboxylic acid groups (broad SMARTS) is 1. The standard InChI is InChI=1S/C37H46ClFN4O7/c38-31-13-25(32(39)16-33(31)40-36(45)30-22-50-34-4-2-1-3-29(30)34)14-35(44)43-20-26(42-18-23(19-42)17-41-9-11-48-12-10-41)15-27(43)21-49-28-7-5-24(6-8-28)37(46)47/h1,3,13,16,22-24,26-28H,2,4-12,14-15,17-21H2,(H,40,45)(H,46,47)/t24?,26-,27-,28?/m0/s1. The number of rotatable bonds is 11. The molecule has 4 heterocycles. The number of fused-ring (bicyclic) bond motifs is 1. The Morgan fingerprint density at radius 3 is 2.62 bits per heavy atom. The van der Waals surface area contributed by atoms with Gasteiger partial charge < -0.3 is 29.2 Å². The van der Waals surface area contributed by atoms with Crippen LogP contribution in [0.2, 0.25) is 5.02 Å². The van der Waals surface area contributed by atoms with Gasteiger partial charge in [-0.2, -0.15) is 0 Å². The number of carbonyl (C=O) groups is 3. The fourth-order valence-electron chi connectivity index (χ4n) is 8.16. The van der Waals surface area contributed by atoms with Crippen LogP contribution >= 0.6 is 11.6 Å². The molecule has 270 valence electrons. The predicted octanol–water partition coefficient (Wildman–Crippen LogP) is 4.72. The number of carbonyl (C=O) groups excluding carboxylic acids is 2. The van der Waals surface area contributed by atoms with Gasteiger partial charge in [-0.1, -0.05) is 23.8 Å². The van der Waals surface area contributed by atoms with E-state index in [-0.39, 0.29) is 52.7 Å². The van der Waals surface area contributed by atoms with Crippen molar-refractivity contribution >= 4 is 41.1 Å². The van der Waals surface area contributed by atoms with E-state index in [0.29, 0.717) is 62.3 Å². The molecule has 11 nitrogen and oxygen atoms in total. The van der Waals surface area contributed by atoms with Gasteiger partial charge in [-0.15, -0.1) is 0 Å². The van der Waals surface area contributed by atoms with E-state index >= 15 is 4.39 Å². The van der Waals surface area contributed by atoms with Gasteiger partial charge in [0.2, 0.25) is 5.91 Å². The quantitative estimate of drug-likeness (QED) is 0.341. The molecule has 1 aromatic carbocycles. The molecule has 2 aliphatic carbocycles. The number of benzene rings is 1. The first kappa shape index (κ1) is 35.1. The van der Waals surface area contributed by atoms with Crippen LogP contribution in [-0.4, -0.2) is 115 Å². The van der Waals surface area contributed by atoms with Gasteiger partial charge in [0.05, 0.1) is 60.6 Å². The molecule has 0 bridgehead atoms. The number of aryl methyl sites for hydroxylation is 1. The first-order valence-corrected chi connectivity index (χ1v) is 18.3. The van der Waals surface area contributed by atoms with Gasteiger partial charge >= 0.3 is 5.97 Å². The van der Waals surface area contributed by atoms with Crippen molar-refractivity contribution in [3.63, 3.8) is 0 Å². The smallest absolute Gasteiger partial charge is 0.306 e. The Balaban J connectivity index is 0.988. The maximum Gasteiger partial charge on any atom is 0.306 e. The Hall–Kier alpha value is -3.29. The molecule has 50 heavy (non-hydrogen) atoms. The van der Waals surface area contributed by atoms with Crippen LogP contribution < -0.4 is 5.32 Å². The number of hydrogen-bond acceptors (Lipinski definition) is 8. The van der Waals surface area contributed by atoms with Crippen LogP contribution in [0.25, 0.3) is 6.08 Å². The minimum absolute atomic E-state index is 0.0360. The summed E-state index contributed by atoms with van der Waals surface area (Å²) in [6.07, 6.45) is 9.89. The molecule has 4 fully saturated rings. The van der Waals surface area contributed by atoms with Gasteiger partial charge in [0.1, 0.15) is 17.8 Å². The second-order valence-corrected chi connectivity index (χ2v) is 14.9. The number of nitrogens with zero attached hydrogens (tertiary/aromatic N) is 3. The van der Waals surface area contributed by atoms with Crippen LogP contribution in [-0.2, 0) is 31.9 Å². The van der Waals surface area contributed by atoms with Crippen molar-refractivity contribution in [1.82, 2.24) is 14.7 Å². The molecule has 1 aromatic heterocycles. The summed E-state index contributed by atoms with van der Waals surface area (Å²) < 4.78 is 32.9. The monoisotopic (exact) mass is 712 g/mol. The number of morpholine rings is 1. The molecule has 0 spiro atoms. The van der Waals surface area contributed by atoms with E-state index in [0.717, 1.165) is 64.5 Å². The number of allylic oxidation sites excluding steroid dienone is 1. The summed E-state index contributed by atoms with van der Waals surface area (Å²) in [5.74, 6) is -1.03. The summed E-state index contributed by atoms with van der Waals surface area (Å²) in [5.41, 5.74) is 1.35. The summed E-state index contributed by atoms with van der Waals surface area (Å²) in [5, 5.41) is 12.2. The molecule has 1 saturated carbocycles. The van der Waals surface area contributed by atoms with E-state index in [1.165, 1.54) is 18.4 Å². The molecule has 2 atom stereocenters. The number of halogens is 2. The number of anilines is 1. The van der Waals surface area contributed by atoms with Crippen molar-refractivity contribution in [3.8, 4) is 0 Å². The van der Waals surface area contributed by atoms with Gasteiger partial charge in [-0.05, 0) is 62.1 Å². The van der Waals surface area contributed by atoms with E-state index in [1.807, 2.05) is 17.1 Å². The van der Waals surface area contributed by atoms with Crippen LogP contribution in [0.5, 0.6) is 0 Å². The zero-order valence-corrected chi connectivity index (χ0v) is 29.0. The molecule has 3 saturated heterocycles. The lowest BCUT2D eigenvalue weighted by Crippen LogP contribution is -2.57. The maximum atomic E-state index is 15.5. The number of furan rings is 1. The van der Waals surface area contributed by atoms with Crippen LogP contribution in [0, 0.1) is 17.7 Å². The summed E-state index contributed by atoms with van der Waals surface area (Å²) >= 11 is 6.54.